The van der Waals surface area contributed by atoms with Crippen LogP contribution < -0.4 is 22.7 Å². The lowest BCUT2D eigenvalue weighted by Gasteiger charge is -2.08. The van der Waals surface area contributed by atoms with Crippen LogP contribution in [0.4, 0.5) is 0 Å². The van der Waals surface area contributed by atoms with Crippen LogP contribution in [0.1, 0.15) is 29.5 Å². The zero-order chi connectivity index (χ0) is 14.0. The van der Waals surface area contributed by atoms with E-state index in [9.17, 15) is 9.59 Å². The molecule has 0 saturated carbocycles. The maximum atomic E-state index is 12.0. The number of hydrogen-bond donors (Lipinski definition) is 3. The summed E-state index contributed by atoms with van der Waals surface area (Å²) in [5.41, 5.74) is 2.50. The minimum absolute atomic E-state index is 0.326. The second-order valence-electron chi connectivity index (χ2n) is 4.16. The smallest absolute Gasteiger partial charge is 0.279 e. The van der Waals surface area contributed by atoms with Crippen LogP contribution in [-0.4, -0.2) is 15.6 Å². The fraction of sp³-hybridized carbons (Fsp3) is 0.250. The van der Waals surface area contributed by atoms with E-state index >= 15 is 0 Å². The molecule has 1 aromatic heterocycles. The van der Waals surface area contributed by atoms with Crippen molar-refractivity contribution in [2.75, 3.05) is 5.84 Å². The van der Waals surface area contributed by atoms with Crippen molar-refractivity contribution in [1.29, 1.82) is 0 Å². The van der Waals surface area contributed by atoms with Crippen molar-refractivity contribution >= 4 is 16.8 Å². The topological polar surface area (TPSA) is 116 Å². The van der Waals surface area contributed by atoms with E-state index in [0.717, 1.165) is 11.1 Å². The monoisotopic (exact) mass is 261 g/mol. The molecule has 19 heavy (non-hydrogen) atoms. The summed E-state index contributed by atoms with van der Waals surface area (Å²) in [6, 6.07) is 4.56. The Balaban J connectivity index is 2.68. The largest absolute Gasteiger partial charge is 0.335 e. The van der Waals surface area contributed by atoms with Gasteiger partial charge in [-0.3, -0.25) is 15.0 Å². The molecule has 5 N–H and O–H groups in total. The number of hydrogen-bond acceptors (Lipinski definition) is 5. The standard InChI is InChI=1S/C12H15N5O2/c1-2-3-10-15-9-6-7(11(18)16-13)4-5-8(9)12(19)17(10)14/h4-6H,2-3,13-14H2,1H3,(H,16,18). The van der Waals surface area contributed by atoms with Gasteiger partial charge in [-0.1, -0.05) is 6.92 Å². The number of nitrogens with one attached hydrogen (secondary N) is 1. The Labute approximate surface area is 109 Å². The number of carbonyl (C=O) groups is 1. The number of aryl methyl sites for hydroxylation is 1. The van der Waals surface area contributed by atoms with Crippen LogP contribution in [-0.2, 0) is 6.42 Å². The molecule has 2 aromatic rings. The van der Waals surface area contributed by atoms with Gasteiger partial charge in [-0.2, -0.15) is 0 Å². The average Bonchev–Trinajstić information content (AvgIpc) is 2.43. The van der Waals surface area contributed by atoms with Gasteiger partial charge in [0.25, 0.3) is 11.5 Å². The molecule has 7 nitrogen and oxygen atoms in total. The third-order valence-electron chi connectivity index (χ3n) is 2.84. The summed E-state index contributed by atoms with van der Waals surface area (Å²) in [4.78, 5) is 27.8. The van der Waals surface area contributed by atoms with E-state index in [1.807, 2.05) is 12.3 Å². The molecule has 0 spiro atoms. The number of fused-ring (bicyclic) bond motifs is 1. The van der Waals surface area contributed by atoms with E-state index in [4.69, 9.17) is 11.7 Å². The van der Waals surface area contributed by atoms with Crippen molar-refractivity contribution in [3.05, 3.63) is 39.9 Å². The van der Waals surface area contributed by atoms with Gasteiger partial charge < -0.3 is 5.84 Å². The van der Waals surface area contributed by atoms with E-state index in [1.165, 1.54) is 18.2 Å². The van der Waals surface area contributed by atoms with Gasteiger partial charge >= 0.3 is 0 Å². The lowest BCUT2D eigenvalue weighted by molar-refractivity contribution is 0.0954. The summed E-state index contributed by atoms with van der Waals surface area (Å²) in [5.74, 6) is 10.8. The molecule has 2 rings (SSSR count). The average molecular weight is 261 g/mol. The Bertz CT molecular complexity index is 692. The molecular weight excluding hydrogens is 246 g/mol. The zero-order valence-corrected chi connectivity index (χ0v) is 10.5. The van der Waals surface area contributed by atoms with Gasteiger partial charge in [-0.25, -0.2) is 15.5 Å². The van der Waals surface area contributed by atoms with Crippen LogP contribution in [0, 0.1) is 0 Å². The third kappa shape index (κ3) is 2.27. The summed E-state index contributed by atoms with van der Waals surface area (Å²) >= 11 is 0. The zero-order valence-electron chi connectivity index (χ0n) is 10.5. The highest BCUT2D eigenvalue weighted by molar-refractivity contribution is 5.97. The minimum Gasteiger partial charge on any atom is -0.335 e. The summed E-state index contributed by atoms with van der Waals surface area (Å²) < 4.78 is 1.05. The minimum atomic E-state index is -0.433. The molecule has 0 fully saturated rings. The quantitative estimate of drug-likeness (QED) is 0.397. The number of hydrazine groups is 1. The van der Waals surface area contributed by atoms with Crippen LogP contribution in [0.2, 0.25) is 0 Å². The fourth-order valence-electron chi connectivity index (χ4n) is 1.87. The van der Waals surface area contributed by atoms with Gasteiger partial charge in [0.1, 0.15) is 5.82 Å². The molecule has 0 bridgehead atoms. The van der Waals surface area contributed by atoms with Gasteiger partial charge in [-0.05, 0) is 24.6 Å². The van der Waals surface area contributed by atoms with Crippen molar-refractivity contribution in [1.82, 2.24) is 15.1 Å². The first-order chi connectivity index (χ1) is 9.08. The molecule has 100 valence electrons. The number of rotatable bonds is 3. The SMILES string of the molecule is CCCc1nc2cc(C(=O)NN)ccc2c(=O)n1N. The second-order valence-corrected chi connectivity index (χ2v) is 4.16. The molecule has 1 aromatic carbocycles. The highest BCUT2D eigenvalue weighted by Crippen LogP contribution is 2.11. The van der Waals surface area contributed by atoms with Gasteiger partial charge in [0.15, 0.2) is 0 Å². The maximum absolute atomic E-state index is 12.0. The number of carbonyl (C=O) groups excluding carboxylic acids is 1. The fourth-order valence-corrected chi connectivity index (χ4v) is 1.87. The molecule has 0 radical (unpaired) electrons. The first kappa shape index (κ1) is 13.0. The second kappa shape index (κ2) is 5.07. The van der Waals surface area contributed by atoms with Crippen LogP contribution in [0.5, 0.6) is 0 Å². The summed E-state index contributed by atoms with van der Waals surface area (Å²) in [6.07, 6.45) is 1.41. The van der Waals surface area contributed by atoms with Gasteiger partial charge in [0.2, 0.25) is 0 Å². The van der Waals surface area contributed by atoms with E-state index < -0.39 is 5.91 Å². The van der Waals surface area contributed by atoms with Gasteiger partial charge in [-0.15, -0.1) is 0 Å². The first-order valence-corrected chi connectivity index (χ1v) is 5.90. The van der Waals surface area contributed by atoms with Crippen LogP contribution in [0.25, 0.3) is 10.9 Å². The molecule has 0 unspecified atom stereocenters. The lowest BCUT2D eigenvalue weighted by Crippen LogP contribution is -2.32. The third-order valence-corrected chi connectivity index (χ3v) is 2.84. The maximum Gasteiger partial charge on any atom is 0.279 e. The number of nitrogen functional groups attached to an aromatic ring is 2. The molecule has 1 amide bonds. The van der Waals surface area contributed by atoms with Crippen molar-refractivity contribution < 1.29 is 4.79 Å². The number of nitrogens with zero attached hydrogens (tertiary/aromatic N) is 2. The molecule has 0 aliphatic rings. The molecule has 0 atom stereocenters. The Morgan fingerprint density at radius 1 is 1.47 bits per heavy atom. The summed E-state index contributed by atoms with van der Waals surface area (Å²) in [6.45, 7) is 1.97. The Morgan fingerprint density at radius 3 is 2.84 bits per heavy atom. The number of amides is 1. The van der Waals surface area contributed by atoms with E-state index in [1.54, 1.807) is 0 Å². The van der Waals surface area contributed by atoms with Gasteiger partial charge in [0, 0.05) is 12.0 Å². The number of nitrogens with two attached hydrogens (primary N) is 2. The summed E-state index contributed by atoms with van der Waals surface area (Å²) in [5, 5.41) is 0.371. The molecular formula is C12H15N5O2. The Morgan fingerprint density at radius 2 is 2.21 bits per heavy atom. The van der Waals surface area contributed by atoms with Crippen molar-refractivity contribution in [3.8, 4) is 0 Å². The molecule has 1 heterocycles. The number of aromatic nitrogens is 2. The summed E-state index contributed by atoms with van der Waals surface area (Å²) in [7, 11) is 0. The van der Waals surface area contributed by atoms with E-state index in [2.05, 4.69) is 4.98 Å². The Hall–Kier alpha value is -2.41. The number of benzene rings is 1. The van der Waals surface area contributed by atoms with Crippen molar-refractivity contribution in [2.45, 2.75) is 19.8 Å². The lowest BCUT2D eigenvalue weighted by atomic mass is 10.1. The van der Waals surface area contributed by atoms with E-state index in [-0.39, 0.29) is 5.56 Å². The van der Waals surface area contributed by atoms with E-state index in [0.29, 0.717) is 28.7 Å². The highest BCUT2D eigenvalue weighted by atomic mass is 16.2. The molecule has 0 aliphatic heterocycles. The van der Waals surface area contributed by atoms with Crippen LogP contribution in [0.3, 0.4) is 0 Å². The molecule has 7 heteroatoms. The first-order valence-electron chi connectivity index (χ1n) is 5.90. The predicted octanol–water partition coefficient (Wildman–Crippen LogP) is -0.334. The van der Waals surface area contributed by atoms with Crippen LogP contribution in [0.15, 0.2) is 23.0 Å². The predicted molar refractivity (Wildman–Crippen MR) is 71.8 cm³/mol. The normalized spacial score (nSPS) is 10.6. The van der Waals surface area contributed by atoms with Crippen molar-refractivity contribution in [2.24, 2.45) is 5.84 Å². The van der Waals surface area contributed by atoms with Crippen molar-refractivity contribution in [3.63, 3.8) is 0 Å². The Kier molecular flexibility index (Phi) is 3.48. The van der Waals surface area contributed by atoms with Gasteiger partial charge in [0.05, 0.1) is 10.9 Å². The molecule has 0 saturated heterocycles. The van der Waals surface area contributed by atoms with Crippen LogP contribution >= 0.6 is 0 Å². The molecule has 0 aliphatic carbocycles. The highest BCUT2D eigenvalue weighted by Gasteiger charge is 2.11.